The molecule has 0 aliphatic heterocycles. The summed E-state index contributed by atoms with van der Waals surface area (Å²) < 4.78 is 44.0. The normalized spacial score (nSPS) is 11.8. The van der Waals surface area contributed by atoms with Crippen molar-refractivity contribution < 1.29 is 17.9 Å². The third-order valence-corrected chi connectivity index (χ3v) is 4.37. The number of pyridine rings is 2. The number of hydrogen-bond acceptors (Lipinski definition) is 4. The molecule has 2 aromatic heterocycles. The molecule has 0 atom stereocenters. The Kier molecular flexibility index (Phi) is 6.17. The Hall–Kier alpha value is -3.66. The molecule has 0 fully saturated rings. The molecule has 0 amide bonds. The monoisotopic (exact) mass is 409 g/mol. The van der Waals surface area contributed by atoms with Gasteiger partial charge in [0, 0.05) is 12.4 Å². The summed E-state index contributed by atoms with van der Waals surface area (Å²) in [6, 6.07) is 13.4. The number of alkyl halides is 3. The van der Waals surface area contributed by atoms with Gasteiger partial charge in [-0.15, -0.1) is 0 Å². The van der Waals surface area contributed by atoms with Crippen molar-refractivity contribution in [2.45, 2.75) is 26.6 Å². The van der Waals surface area contributed by atoms with Crippen molar-refractivity contribution in [2.24, 2.45) is 0 Å². The molecule has 0 N–H and O–H groups in total. The first-order chi connectivity index (χ1) is 14.3. The van der Waals surface area contributed by atoms with Gasteiger partial charge in [0.05, 0.1) is 22.5 Å². The molecule has 0 saturated carbocycles. The summed E-state index contributed by atoms with van der Waals surface area (Å²) in [7, 11) is 0. The van der Waals surface area contributed by atoms with Crippen molar-refractivity contribution in [2.75, 3.05) is 0 Å². The number of benzene rings is 1. The van der Waals surface area contributed by atoms with Crippen LogP contribution in [0.1, 0.15) is 33.6 Å². The zero-order chi connectivity index (χ0) is 21.7. The van der Waals surface area contributed by atoms with Crippen LogP contribution in [-0.4, -0.2) is 9.97 Å². The summed E-state index contributed by atoms with van der Waals surface area (Å²) in [6.07, 6.45) is -0.448. The Morgan fingerprint density at radius 2 is 1.83 bits per heavy atom. The van der Waals surface area contributed by atoms with E-state index in [-0.39, 0.29) is 11.3 Å². The zero-order valence-electron chi connectivity index (χ0n) is 16.4. The van der Waals surface area contributed by atoms with Crippen molar-refractivity contribution in [3.63, 3.8) is 0 Å². The Balaban J connectivity index is 1.84. The fourth-order valence-corrected chi connectivity index (χ4v) is 2.98. The predicted octanol–water partition coefficient (Wildman–Crippen LogP) is 5.76. The molecule has 0 saturated heterocycles. The molecule has 0 spiro atoms. The van der Waals surface area contributed by atoms with Crippen LogP contribution in [0.25, 0.3) is 11.6 Å². The molecule has 0 aliphatic carbocycles. The minimum absolute atomic E-state index is 0.171. The number of nitrogens with zero attached hydrogens (tertiary/aromatic N) is 3. The molecule has 7 heteroatoms. The lowest BCUT2D eigenvalue weighted by Gasteiger charge is -2.13. The number of rotatable bonds is 5. The number of hydrogen-bond donors (Lipinski definition) is 0. The number of aromatic nitrogens is 2. The van der Waals surface area contributed by atoms with Crippen molar-refractivity contribution in [1.82, 2.24) is 9.97 Å². The van der Waals surface area contributed by atoms with Crippen LogP contribution in [0.5, 0.6) is 5.75 Å². The van der Waals surface area contributed by atoms with Gasteiger partial charge in [-0.05, 0) is 73.0 Å². The molecule has 30 heavy (non-hydrogen) atoms. The molecule has 1 aromatic carbocycles. The molecule has 0 unspecified atom stereocenters. The maximum Gasteiger partial charge on any atom is 0.417 e. The van der Waals surface area contributed by atoms with Crippen LogP contribution >= 0.6 is 0 Å². The molecule has 3 aromatic rings. The summed E-state index contributed by atoms with van der Waals surface area (Å²) in [5, 5.41) is 9.46. The first-order valence-electron chi connectivity index (χ1n) is 9.07. The standard InChI is InChI=1S/C23H18F3N3O/c1-15-9-17(10-16(2)22(15)30-14-20-5-3-4-8-28-20)11-18(12-27)21-7-6-19(13-29-21)23(24,25)26/h3-11,13H,14H2,1-2H3/b18-11-. The molecule has 2 heterocycles. The Morgan fingerprint density at radius 3 is 2.37 bits per heavy atom. The lowest BCUT2D eigenvalue weighted by molar-refractivity contribution is -0.137. The highest BCUT2D eigenvalue weighted by atomic mass is 19.4. The minimum atomic E-state index is -4.47. The summed E-state index contributed by atoms with van der Waals surface area (Å²) in [4.78, 5) is 8.02. The van der Waals surface area contributed by atoms with E-state index in [1.807, 2.05) is 50.2 Å². The van der Waals surface area contributed by atoms with E-state index in [0.717, 1.165) is 40.4 Å². The third kappa shape index (κ3) is 5.03. The molecule has 3 rings (SSSR count). The van der Waals surface area contributed by atoms with Gasteiger partial charge in [0.25, 0.3) is 0 Å². The molecule has 0 radical (unpaired) electrons. The maximum atomic E-state index is 12.7. The lowest BCUT2D eigenvalue weighted by Crippen LogP contribution is -2.05. The molecule has 0 bridgehead atoms. The van der Waals surface area contributed by atoms with Crippen LogP contribution in [0.15, 0.2) is 54.9 Å². The summed E-state index contributed by atoms with van der Waals surface area (Å²) in [5.74, 6) is 0.726. The summed E-state index contributed by atoms with van der Waals surface area (Å²) >= 11 is 0. The van der Waals surface area contributed by atoms with E-state index in [2.05, 4.69) is 9.97 Å². The van der Waals surface area contributed by atoms with Crippen LogP contribution in [0.4, 0.5) is 13.2 Å². The smallest absolute Gasteiger partial charge is 0.417 e. The molecular weight excluding hydrogens is 391 g/mol. The van der Waals surface area contributed by atoms with Crippen LogP contribution < -0.4 is 4.74 Å². The van der Waals surface area contributed by atoms with Gasteiger partial charge in [-0.25, -0.2) is 0 Å². The van der Waals surface area contributed by atoms with Gasteiger partial charge in [-0.2, -0.15) is 18.4 Å². The quantitative estimate of drug-likeness (QED) is 0.503. The molecule has 0 aliphatic rings. The molecule has 152 valence electrons. The van der Waals surface area contributed by atoms with Gasteiger partial charge >= 0.3 is 6.18 Å². The number of halogens is 3. The Bertz CT molecular complexity index is 1080. The average molecular weight is 409 g/mol. The van der Waals surface area contributed by atoms with Gasteiger partial charge in [0.2, 0.25) is 0 Å². The van der Waals surface area contributed by atoms with Crippen molar-refractivity contribution in [3.05, 3.63) is 88.5 Å². The van der Waals surface area contributed by atoms with Gasteiger partial charge in [-0.3, -0.25) is 9.97 Å². The van der Waals surface area contributed by atoms with Gasteiger partial charge in [0.15, 0.2) is 0 Å². The van der Waals surface area contributed by atoms with Gasteiger partial charge in [-0.1, -0.05) is 6.07 Å². The van der Waals surface area contributed by atoms with E-state index < -0.39 is 11.7 Å². The number of ether oxygens (including phenoxy) is 1. The van der Waals surface area contributed by atoms with Crippen LogP contribution in [0, 0.1) is 25.2 Å². The van der Waals surface area contributed by atoms with E-state index in [1.165, 1.54) is 6.07 Å². The third-order valence-electron chi connectivity index (χ3n) is 4.37. The van der Waals surface area contributed by atoms with Crippen molar-refractivity contribution in [3.8, 4) is 11.8 Å². The lowest BCUT2D eigenvalue weighted by atomic mass is 10.0. The van der Waals surface area contributed by atoms with E-state index in [0.29, 0.717) is 6.61 Å². The summed E-state index contributed by atoms with van der Waals surface area (Å²) in [5.41, 5.74) is 2.77. The fraction of sp³-hybridized carbons (Fsp3) is 0.174. The second kappa shape index (κ2) is 8.78. The van der Waals surface area contributed by atoms with Crippen molar-refractivity contribution >= 4 is 11.6 Å². The fourth-order valence-electron chi connectivity index (χ4n) is 2.98. The topological polar surface area (TPSA) is 58.8 Å². The maximum absolute atomic E-state index is 12.7. The van der Waals surface area contributed by atoms with Crippen molar-refractivity contribution in [1.29, 1.82) is 5.26 Å². The Morgan fingerprint density at radius 1 is 1.10 bits per heavy atom. The van der Waals surface area contributed by atoms with Crippen LogP contribution in [0.3, 0.4) is 0 Å². The van der Waals surface area contributed by atoms with Crippen LogP contribution in [0.2, 0.25) is 0 Å². The van der Waals surface area contributed by atoms with Gasteiger partial charge < -0.3 is 4.74 Å². The van der Waals surface area contributed by atoms with E-state index >= 15 is 0 Å². The molecular formula is C23H18F3N3O. The average Bonchev–Trinajstić information content (AvgIpc) is 2.71. The van der Waals surface area contributed by atoms with E-state index in [4.69, 9.17) is 4.74 Å². The SMILES string of the molecule is Cc1cc(/C=C(/C#N)c2ccc(C(F)(F)F)cn2)cc(C)c1OCc1ccccn1. The minimum Gasteiger partial charge on any atom is -0.487 e. The number of nitriles is 1. The molecule has 4 nitrogen and oxygen atoms in total. The Labute approximate surface area is 172 Å². The second-order valence-electron chi connectivity index (χ2n) is 6.69. The van der Waals surface area contributed by atoms with E-state index in [1.54, 1.807) is 12.3 Å². The summed E-state index contributed by atoms with van der Waals surface area (Å²) in [6.45, 7) is 4.11. The highest BCUT2D eigenvalue weighted by molar-refractivity contribution is 5.88. The first kappa shape index (κ1) is 21.1. The number of allylic oxidation sites excluding steroid dienone is 1. The van der Waals surface area contributed by atoms with Crippen LogP contribution in [-0.2, 0) is 12.8 Å². The zero-order valence-corrected chi connectivity index (χ0v) is 16.4. The largest absolute Gasteiger partial charge is 0.487 e. The highest BCUT2D eigenvalue weighted by Crippen LogP contribution is 2.30. The first-order valence-corrected chi connectivity index (χ1v) is 9.07. The predicted molar refractivity (Wildman–Crippen MR) is 107 cm³/mol. The van der Waals surface area contributed by atoms with Gasteiger partial charge in [0.1, 0.15) is 18.4 Å². The number of aryl methyl sites for hydroxylation is 2. The second-order valence-corrected chi connectivity index (χ2v) is 6.69. The van der Waals surface area contributed by atoms with E-state index in [9.17, 15) is 18.4 Å². The highest BCUT2D eigenvalue weighted by Gasteiger charge is 2.30.